The van der Waals surface area contributed by atoms with E-state index in [9.17, 15) is 19.2 Å². The van der Waals surface area contributed by atoms with Crippen LogP contribution in [-0.4, -0.2) is 52.6 Å². The van der Waals surface area contributed by atoms with Gasteiger partial charge < -0.3 is 4.74 Å². The number of amides is 4. The van der Waals surface area contributed by atoms with Gasteiger partial charge in [-0.1, -0.05) is 149 Å². The highest BCUT2D eigenvalue weighted by molar-refractivity contribution is 6.42. The average molecular weight is 785 g/mol. The third kappa shape index (κ3) is 7.47. The standard InChI is InChI=1S/C51H64N2O5/c1-6-10-14-18-22-33(23-19-15-11-7-2)52-48(54)38-29-26-35-36-27-30-40-45-41(51(57)53(50(40)56)34(24-20-16-12-8-3)25-21-17-13-9-4)32-42(58-5)46(47(36)45)37-28-31-39(49(52)55)44(38)43(35)37/h26-34H,6-25H2,1-5H3. The van der Waals surface area contributed by atoms with Crippen LogP contribution < -0.4 is 4.74 Å². The van der Waals surface area contributed by atoms with Crippen LogP contribution in [0.5, 0.6) is 5.75 Å². The minimum atomic E-state index is -0.248. The zero-order valence-electron chi connectivity index (χ0n) is 35.8. The van der Waals surface area contributed by atoms with E-state index in [0.29, 0.717) is 38.8 Å². The molecule has 2 aliphatic heterocycles. The first-order chi connectivity index (χ1) is 28.3. The number of unbranched alkanes of at least 4 members (excludes halogenated alkanes) is 12. The van der Waals surface area contributed by atoms with Gasteiger partial charge in [0.15, 0.2) is 0 Å². The van der Waals surface area contributed by atoms with E-state index in [0.717, 1.165) is 161 Å². The van der Waals surface area contributed by atoms with Gasteiger partial charge in [0.05, 0.1) is 12.7 Å². The summed E-state index contributed by atoms with van der Waals surface area (Å²) < 4.78 is 6.14. The maximum atomic E-state index is 14.7. The molecule has 0 atom stereocenters. The molecule has 0 aromatic heterocycles. The number of carbonyl (C=O) groups excluding carboxylic acids is 4. The van der Waals surface area contributed by atoms with Gasteiger partial charge in [-0.05, 0) is 71.5 Å². The molecule has 0 radical (unpaired) electrons. The first-order valence-corrected chi connectivity index (χ1v) is 22.9. The molecular weight excluding hydrogens is 721 g/mol. The molecule has 5 aromatic rings. The molecule has 0 unspecified atom stereocenters. The Labute approximate surface area is 345 Å². The smallest absolute Gasteiger partial charge is 0.261 e. The van der Waals surface area contributed by atoms with Crippen LogP contribution in [0.15, 0.2) is 42.5 Å². The normalized spacial score (nSPS) is 14.3. The van der Waals surface area contributed by atoms with Crippen molar-refractivity contribution in [2.75, 3.05) is 7.11 Å². The summed E-state index contributed by atoms with van der Waals surface area (Å²) in [5.41, 5.74) is 2.15. The highest BCUT2D eigenvalue weighted by Gasteiger charge is 2.41. The third-order valence-electron chi connectivity index (χ3n) is 13.3. The number of nitrogens with zero attached hydrogens (tertiary/aromatic N) is 2. The van der Waals surface area contributed by atoms with E-state index in [2.05, 4.69) is 27.7 Å². The first-order valence-electron chi connectivity index (χ1n) is 22.9. The van der Waals surface area contributed by atoms with Crippen molar-refractivity contribution >= 4 is 66.7 Å². The molecule has 7 rings (SSSR count). The minimum absolute atomic E-state index is 0.136. The molecule has 0 N–H and O–H groups in total. The molecule has 5 aromatic carbocycles. The summed E-state index contributed by atoms with van der Waals surface area (Å²) in [7, 11) is 1.63. The van der Waals surface area contributed by atoms with E-state index >= 15 is 0 Å². The van der Waals surface area contributed by atoms with Gasteiger partial charge in [-0.15, -0.1) is 0 Å². The largest absolute Gasteiger partial charge is 0.496 e. The van der Waals surface area contributed by atoms with Crippen molar-refractivity contribution in [3.63, 3.8) is 0 Å². The SMILES string of the molecule is CCCCCCC(CCCCCC)N1C(=O)c2ccc3c4ccc5c6c(cc(OC)c(c7ccc(c2c37)C1=O)c64)C(=O)N(C(CCCCCC)CCCCCC)C5=O. The fraction of sp³-hybridized carbons (Fsp3) is 0.529. The maximum absolute atomic E-state index is 14.7. The second kappa shape index (κ2) is 18.6. The quantitative estimate of drug-likeness (QED) is 0.0285. The van der Waals surface area contributed by atoms with Gasteiger partial charge in [0.2, 0.25) is 0 Å². The Hall–Kier alpha value is -4.52. The Bertz CT molecular complexity index is 2260. The molecule has 0 bridgehead atoms. The lowest BCUT2D eigenvalue weighted by Gasteiger charge is -2.36. The monoisotopic (exact) mass is 784 g/mol. The van der Waals surface area contributed by atoms with Crippen molar-refractivity contribution in [1.29, 1.82) is 0 Å². The molecule has 7 heteroatoms. The van der Waals surface area contributed by atoms with Crippen LogP contribution in [0.3, 0.4) is 0 Å². The molecule has 0 fully saturated rings. The molecular formula is C51H64N2O5. The predicted molar refractivity (Wildman–Crippen MR) is 238 cm³/mol. The lowest BCUT2D eigenvalue weighted by molar-refractivity contribution is 0.0501. The summed E-state index contributed by atoms with van der Waals surface area (Å²) in [6, 6.07) is 13.2. The third-order valence-corrected chi connectivity index (χ3v) is 13.3. The Morgan fingerprint density at radius 3 is 1.17 bits per heavy atom. The van der Waals surface area contributed by atoms with Gasteiger partial charge in [-0.3, -0.25) is 29.0 Å². The van der Waals surface area contributed by atoms with Crippen LogP contribution in [0.4, 0.5) is 0 Å². The molecule has 0 saturated carbocycles. The fourth-order valence-electron chi connectivity index (χ4n) is 10.2. The van der Waals surface area contributed by atoms with E-state index in [-0.39, 0.29) is 35.7 Å². The van der Waals surface area contributed by atoms with Gasteiger partial charge in [-0.25, -0.2) is 0 Å². The topological polar surface area (TPSA) is 84.0 Å². The summed E-state index contributed by atoms with van der Waals surface area (Å²) in [4.78, 5) is 61.7. The molecule has 7 nitrogen and oxygen atoms in total. The fourth-order valence-corrected chi connectivity index (χ4v) is 10.2. The van der Waals surface area contributed by atoms with Crippen molar-refractivity contribution in [2.24, 2.45) is 0 Å². The Kier molecular flexibility index (Phi) is 13.3. The van der Waals surface area contributed by atoms with Gasteiger partial charge in [0.1, 0.15) is 5.75 Å². The van der Waals surface area contributed by atoms with Crippen molar-refractivity contribution < 1.29 is 23.9 Å². The van der Waals surface area contributed by atoms with E-state index in [1.807, 2.05) is 42.5 Å². The first kappa shape index (κ1) is 41.6. The number of methoxy groups -OCH3 is 1. The van der Waals surface area contributed by atoms with E-state index in [1.54, 1.807) is 16.9 Å². The van der Waals surface area contributed by atoms with Crippen molar-refractivity contribution in [1.82, 2.24) is 9.80 Å². The average Bonchev–Trinajstić information content (AvgIpc) is 3.23. The summed E-state index contributed by atoms with van der Waals surface area (Å²) in [5.74, 6) is -0.346. The Balaban J connectivity index is 1.34. The van der Waals surface area contributed by atoms with Gasteiger partial charge in [-0.2, -0.15) is 0 Å². The highest BCUT2D eigenvalue weighted by Crippen LogP contribution is 2.50. The number of fused-ring (bicyclic) bond motifs is 2. The van der Waals surface area contributed by atoms with Crippen LogP contribution in [0.2, 0.25) is 0 Å². The van der Waals surface area contributed by atoms with Crippen LogP contribution in [0, 0.1) is 0 Å². The summed E-state index contributed by atoms with van der Waals surface area (Å²) in [6.45, 7) is 8.79. The molecule has 58 heavy (non-hydrogen) atoms. The summed E-state index contributed by atoms with van der Waals surface area (Å²) >= 11 is 0. The molecule has 0 saturated heterocycles. The van der Waals surface area contributed by atoms with E-state index in [4.69, 9.17) is 4.74 Å². The van der Waals surface area contributed by atoms with E-state index < -0.39 is 0 Å². The van der Waals surface area contributed by atoms with Crippen LogP contribution >= 0.6 is 0 Å². The van der Waals surface area contributed by atoms with Crippen LogP contribution in [-0.2, 0) is 0 Å². The van der Waals surface area contributed by atoms with Crippen molar-refractivity contribution in [3.8, 4) is 5.75 Å². The Morgan fingerprint density at radius 2 is 0.776 bits per heavy atom. The minimum Gasteiger partial charge on any atom is -0.496 e. The number of hydrogen-bond donors (Lipinski definition) is 0. The lowest BCUT2D eigenvalue weighted by Crippen LogP contribution is -2.47. The molecule has 2 heterocycles. The second-order valence-electron chi connectivity index (χ2n) is 17.1. The van der Waals surface area contributed by atoms with Gasteiger partial charge >= 0.3 is 0 Å². The van der Waals surface area contributed by atoms with E-state index in [1.165, 1.54) is 0 Å². The molecule has 308 valence electrons. The van der Waals surface area contributed by atoms with Crippen LogP contribution in [0.25, 0.3) is 43.1 Å². The number of hydrogen-bond acceptors (Lipinski definition) is 5. The second-order valence-corrected chi connectivity index (χ2v) is 17.1. The maximum Gasteiger partial charge on any atom is 0.261 e. The van der Waals surface area contributed by atoms with Gasteiger partial charge in [0.25, 0.3) is 23.6 Å². The number of benzene rings is 5. The zero-order chi connectivity index (χ0) is 40.9. The zero-order valence-corrected chi connectivity index (χ0v) is 35.8. The predicted octanol–water partition coefficient (Wildman–Crippen LogP) is 13.6. The van der Waals surface area contributed by atoms with Gasteiger partial charge in [0, 0.05) is 50.3 Å². The number of carbonyl (C=O) groups is 4. The Morgan fingerprint density at radius 1 is 0.414 bits per heavy atom. The number of imide groups is 2. The van der Waals surface area contributed by atoms with Crippen LogP contribution in [0.1, 0.15) is 198 Å². The number of ether oxygens (including phenoxy) is 1. The summed E-state index contributed by atoms with van der Waals surface area (Å²) in [5, 5.41) is 6.44. The molecule has 0 aliphatic carbocycles. The molecule has 2 aliphatic rings. The lowest BCUT2D eigenvalue weighted by atomic mass is 9.81. The molecule has 0 spiro atoms. The van der Waals surface area contributed by atoms with Crippen molar-refractivity contribution in [3.05, 3.63) is 64.7 Å². The number of rotatable bonds is 23. The summed E-state index contributed by atoms with van der Waals surface area (Å²) in [6.07, 6.45) is 20.7. The molecule has 4 amide bonds. The van der Waals surface area contributed by atoms with Crippen molar-refractivity contribution in [2.45, 2.75) is 168 Å². The highest BCUT2D eigenvalue weighted by atomic mass is 16.5.